The third kappa shape index (κ3) is 2.65. The molecule has 2 heterocycles. The second-order valence-corrected chi connectivity index (χ2v) is 3.91. The SMILES string of the molecule is O=C(NCC1(O)CCOC1)C1=COCCO1. The molecule has 0 aromatic heterocycles. The third-order valence-electron chi connectivity index (χ3n) is 2.53. The van der Waals surface area contributed by atoms with E-state index in [0.717, 1.165) is 0 Å². The van der Waals surface area contributed by atoms with Gasteiger partial charge in [-0.3, -0.25) is 4.79 Å². The maximum atomic E-state index is 11.6. The summed E-state index contributed by atoms with van der Waals surface area (Å²) >= 11 is 0. The van der Waals surface area contributed by atoms with Crippen molar-refractivity contribution in [2.75, 3.05) is 33.0 Å². The van der Waals surface area contributed by atoms with Crippen LogP contribution in [0.1, 0.15) is 6.42 Å². The van der Waals surface area contributed by atoms with Gasteiger partial charge in [-0.25, -0.2) is 0 Å². The fourth-order valence-corrected chi connectivity index (χ4v) is 1.56. The van der Waals surface area contributed by atoms with Gasteiger partial charge in [-0.05, 0) is 0 Å². The molecular formula is C10H15NO5. The average Bonchev–Trinajstić information content (AvgIpc) is 2.75. The standard InChI is InChI=1S/C10H15NO5/c12-9(8-5-14-3-4-16-8)11-6-10(13)1-2-15-7-10/h5,13H,1-4,6-7H2,(H,11,12). The van der Waals surface area contributed by atoms with Crippen LogP contribution < -0.4 is 5.32 Å². The molecular weight excluding hydrogens is 214 g/mol. The lowest BCUT2D eigenvalue weighted by atomic mass is 10.0. The highest BCUT2D eigenvalue weighted by Crippen LogP contribution is 2.17. The summed E-state index contributed by atoms with van der Waals surface area (Å²) in [5.41, 5.74) is -0.953. The van der Waals surface area contributed by atoms with Gasteiger partial charge in [0.15, 0.2) is 0 Å². The van der Waals surface area contributed by atoms with Crippen molar-refractivity contribution in [2.24, 2.45) is 0 Å². The van der Waals surface area contributed by atoms with Gasteiger partial charge in [0.1, 0.15) is 25.1 Å². The Bertz CT molecular complexity index is 296. The molecule has 0 bridgehead atoms. The van der Waals surface area contributed by atoms with Gasteiger partial charge in [-0.1, -0.05) is 0 Å². The normalized spacial score (nSPS) is 28.9. The molecule has 6 nitrogen and oxygen atoms in total. The first-order chi connectivity index (χ1) is 7.70. The molecule has 0 aliphatic carbocycles. The van der Waals surface area contributed by atoms with Crippen molar-refractivity contribution >= 4 is 5.91 Å². The topological polar surface area (TPSA) is 77.0 Å². The highest BCUT2D eigenvalue weighted by molar-refractivity contribution is 5.91. The molecule has 6 heteroatoms. The van der Waals surface area contributed by atoms with Crippen LogP contribution in [0.4, 0.5) is 0 Å². The zero-order valence-corrected chi connectivity index (χ0v) is 8.90. The summed E-state index contributed by atoms with van der Waals surface area (Å²) in [6.07, 6.45) is 1.82. The van der Waals surface area contributed by atoms with Crippen LogP contribution in [0, 0.1) is 0 Å². The van der Waals surface area contributed by atoms with Gasteiger partial charge in [0.05, 0.1) is 6.61 Å². The lowest BCUT2D eigenvalue weighted by Gasteiger charge is -2.21. The van der Waals surface area contributed by atoms with Gasteiger partial charge in [0, 0.05) is 19.6 Å². The van der Waals surface area contributed by atoms with Crippen molar-refractivity contribution in [2.45, 2.75) is 12.0 Å². The van der Waals surface area contributed by atoms with Crippen LogP contribution in [0.2, 0.25) is 0 Å². The first-order valence-corrected chi connectivity index (χ1v) is 5.23. The second kappa shape index (κ2) is 4.71. The molecule has 0 saturated carbocycles. The van der Waals surface area contributed by atoms with E-state index in [2.05, 4.69) is 5.32 Å². The maximum Gasteiger partial charge on any atom is 0.289 e. The fraction of sp³-hybridized carbons (Fsp3) is 0.700. The molecule has 1 saturated heterocycles. The molecule has 2 N–H and O–H groups in total. The molecule has 0 spiro atoms. The van der Waals surface area contributed by atoms with E-state index < -0.39 is 5.60 Å². The highest BCUT2D eigenvalue weighted by atomic mass is 16.6. The van der Waals surface area contributed by atoms with Crippen LogP contribution in [0.5, 0.6) is 0 Å². The van der Waals surface area contributed by atoms with E-state index in [1.54, 1.807) is 0 Å². The Balaban J connectivity index is 1.81. The molecule has 1 unspecified atom stereocenters. The quantitative estimate of drug-likeness (QED) is 0.658. The lowest BCUT2D eigenvalue weighted by Crippen LogP contribution is -2.44. The van der Waals surface area contributed by atoms with Crippen LogP contribution in [-0.4, -0.2) is 49.6 Å². The van der Waals surface area contributed by atoms with Gasteiger partial charge < -0.3 is 24.6 Å². The molecule has 16 heavy (non-hydrogen) atoms. The Morgan fingerprint density at radius 1 is 1.50 bits per heavy atom. The Kier molecular flexibility index (Phi) is 3.31. The van der Waals surface area contributed by atoms with Crippen molar-refractivity contribution < 1.29 is 24.1 Å². The number of nitrogens with one attached hydrogen (secondary N) is 1. The van der Waals surface area contributed by atoms with Crippen molar-refractivity contribution in [3.05, 3.63) is 12.0 Å². The number of amides is 1. The van der Waals surface area contributed by atoms with Crippen LogP contribution in [0.15, 0.2) is 12.0 Å². The summed E-state index contributed by atoms with van der Waals surface area (Å²) < 4.78 is 15.1. The molecule has 90 valence electrons. The number of rotatable bonds is 3. The smallest absolute Gasteiger partial charge is 0.289 e. The highest BCUT2D eigenvalue weighted by Gasteiger charge is 2.33. The van der Waals surface area contributed by atoms with E-state index in [-0.39, 0.29) is 24.8 Å². The summed E-state index contributed by atoms with van der Waals surface area (Å²) in [6, 6.07) is 0. The predicted octanol–water partition coefficient (Wildman–Crippen LogP) is -0.858. The van der Waals surface area contributed by atoms with E-state index in [1.807, 2.05) is 0 Å². The van der Waals surface area contributed by atoms with E-state index in [4.69, 9.17) is 14.2 Å². The van der Waals surface area contributed by atoms with E-state index in [1.165, 1.54) is 6.26 Å². The van der Waals surface area contributed by atoms with E-state index in [0.29, 0.717) is 26.2 Å². The molecule has 0 aromatic carbocycles. The number of carbonyl (C=O) groups is 1. The average molecular weight is 229 g/mol. The fourth-order valence-electron chi connectivity index (χ4n) is 1.56. The molecule has 2 rings (SSSR count). The van der Waals surface area contributed by atoms with Crippen molar-refractivity contribution in [3.8, 4) is 0 Å². The molecule has 1 atom stereocenters. The van der Waals surface area contributed by atoms with E-state index in [9.17, 15) is 9.90 Å². The number of carbonyl (C=O) groups excluding carboxylic acids is 1. The van der Waals surface area contributed by atoms with E-state index >= 15 is 0 Å². The van der Waals surface area contributed by atoms with Gasteiger partial charge in [-0.15, -0.1) is 0 Å². The minimum atomic E-state index is -0.953. The maximum absolute atomic E-state index is 11.6. The van der Waals surface area contributed by atoms with Gasteiger partial charge in [-0.2, -0.15) is 0 Å². The number of hydrogen-bond acceptors (Lipinski definition) is 5. The zero-order chi connectivity index (χ0) is 11.4. The summed E-state index contributed by atoms with van der Waals surface area (Å²) in [7, 11) is 0. The van der Waals surface area contributed by atoms with Crippen LogP contribution in [0.3, 0.4) is 0 Å². The summed E-state index contributed by atoms with van der Waals surface area (Å²) in [4.78, 5) is 11.6. The van der Waals surface area contributed by atoms with Crippen molar-refractivity contribution in [1.29, 1.82) is 0 Å². The second-order valence-electron chi connectivity index (χ2n) is 3.91. The molecule has 1 amide bonds. The molecule has 2 aliphatic rings. The van der Waals surface area contributed by atoms with Crippen LogP contribution in [-0.2, 0) is 19.0 Å². The Morgan fingerprint density at radius 2 is 2.38 bits per heavy atom. The molecule has 0 aromatic rings. The minimum Gasteiger partial charge on any atom is -0.494 e. The van der Waals surface area contributed by atoms with Crippen LogP contribution in [0.25, 0.3) is 0 Å². The number of ether oxygens (including phenoxy) is 3. The minimum absolute atomic E-state index is 0.147. The summed E-state index contributed by atoms with van der Waals surface area (Å²) in [5.74, 6) is -0.228. The Hall–Kier alpha value is -1.27. The monoisotopic (exact) mass is 229 g/mol. The first kappa shape index (κ1) is 11.2. The largest absolute Gasteiger partial charge is 0.494 e. The molecule has 1 fully saturated rings. The van der Waals surface area contributed by atoms with Crippen LogP contribution >= 0.6 is 0 Å². The molecule has 0 radical (unpaired) electrons. The zero-order valence-electron chi connectivity index (χ0n) is 8.90. The first-order valence-electron chi connectivity index (χ1n) is 5.23. The summed E-state index contributed by atoms with van der Waals surface area (Å²) in [5, 5.41) is 12.5. The van der Waals surface area contributed by atoms with Gasteiger partial charge in [0.25, 0.3) is 5.91 Å². The third-order valence-corrected chi connectivity index (χ3v) is 2.53. The van der Waals surface area contributed by atoms with Gasteiger partial charge >= 0.3 is 0 Å². The number of aliphatic hydroxyl groups is 1. The van der Waals surface area contributed by atoms with Gasteiger partial charge in [0.2, 0.25) is 5.76 Å². The van der Waals surface area contributed by atoms with Crippen molar-refractivity contribution in [3.63, 3.8) is 0 Å². The predicted molar refractivity (Wildman–Crippen MR) is 53.4 cm³/mol. The number of hydrogen-bond donors (Lipinski definition) is 2. The molecule has 2 aliphatic heterocycles. The summed E-state index contributed by atoms with van der Waals surface area (Å²) in [6.45, 7) is 1.76. The Labute approximate surface area is 93.2 Å². The lowest BCUT2D eigenvalue weighted by molar-refractivity contribution is -0.123. The van der Waals surface area contributed by atoms with Crippen molar-refractivity contribution in [1.82, 2.24) is 5.32 Å². The Morgan fingerprint density at radius 3 is 3.00 bits per heavy atom.